The zero-order valence-electron chi connectivity index (χ0n) is 13.6. The molecule has 0 aliphatic rings. The Kier molecular flexibility index (Phi) is 11.5. The van der Waals surface area contributed by atoms with Crippen molar-refractivity contribution in [2.24, 2.45) is 0 Å². The van der Waals surface area contributed by atoms with E-state index in [1.165, 1.54) is 0 Å². The van der Waals surface area contributed by atoms with Crippen LogP contribution in [-0.4, -0.2) is 41.5 Å². The highest BCUT2D eigenvalue weighted by Gasteiger charge is 2.11. The second-order valence-corrected chi connectivity index (χ2v) is 5.15. The zero-order chi connectivity index (χ0) is 16.8. The Balaban J connectivity index is 4.54. The molecule has 6 nitrogen and oxygen atoms in total. The van der Waals surface area contributed by atoms with Gasteiger partial charge in [0.1, 0.15) is 11.6 Å². The van der Waals surface area contributed by atoms with Crippen molar-refractivity contribution in [1.29, 1.82) is 5.26 Å². The molecule has 1 amide bonds. The average Bonchev–Trinajstić information content (AvgIpc) is 2.50. The summed E-state index contributed by atoms with van der Waals surface area (Å²) in [5.74, 6) is -1.33. The molecule has 0 heterocycles. The number of nitrogens with one attached hydrogen (secondary N) is 1. The predicted molar refractivity (Wildman–Crippen MR) is 85.0 cm³/mol. The summed E-state index contributed by atoms with van der Waals surface area (Å²) in [6, 6.07) is 1.93. The van der Waals surface area contributed by atoms with Crippen LogP contribution >= 0.6 is 0 Å². The van der Waals surface area contributed by atoms with Crippen molar-refractivity contribution in [2.45, 2.75) is 52.4 Å². The van der Waals surface area contributed by atoms with Crippen LogP contribution in [0.2, 0.25) is 0 Å². The van der Waals surface area contributed by atoms with Crippen LogP contribution in [0.4, 0.5) is 0 Å². The number of carbonyl (C=O) groups excluding carboxylic acids is 1. The van der Waals surface area contributed by atoms with E-state index < -0.39 is 11.9 Å². The van der Waals surface area contributed by atoms with Crippen LogP contribution in [0.15, 0.2) is 11.8 Å². The number of hydrogen-bond donors (Lipinski definition) is 2. The second kappa shape index (κ2) is 12.7. The van der Waals surface area contributed by atoms with E-state index in [2.05, 4.69) is 19.2 Å². The Morgan fingerprint density at radius 3 is 2.23 bits per heavy atom. The van der Waals surface area contributed by atoms with Crippen molar-refractivity contribution in [1.82, 2.24) is 10.2 Å². The number of carboxylic acid groups (broad SMARTS) is 1. The molecule has 0 aromatic heterocycles. The molecule has 0 fully saturated rings. The molecule has 0 aliphatic heterocycles. The van der Waals surface area contributed by atoms with E-state index >= 15 is 0 Å². The molecule has 0 aliphatic carbocycles. The minimum atomic E-state index is -0.893. The van der Waals surface area contributed by atoms with Crippen LogP contribution in [0.25, 0.3) is 0 Å². The van der Waals surface area contributed by atoms with Crippen molar-refractivity contribution in [2.75, 3.05) is 19.6 Å². The van der Waals surface area contributed by atoms with Gasteiger partial charge in [-0.2, -0.15) is 5.26 Å². The molecule has 0 bridgehead atoms. The van der Waals surface area contributed by atoms with Crippen LogP contribution in [-0.2, 0) is 9.59 Å². The normalized spacial score (nSPS) is 10.9. The van der Waals surface area contributed by atoms with Crippen molar-refractivity contribution >= 4 is 11.9 Å². The van der Waals surface area contributed by atoms with E-state index in [1.807, 2.05) is 11.0 Å². The van der Waals surface area contributed by atoms with Gasteiger partial charge >= 0.3 is 5.97 Å². The number of rotatable bonds is 12. The van der Waals surface area contributed by atoms with E-state index in [4.69, 9.17) is 10.4 Å². The first-order valence-corrected chi connectivity index (χ1v) is 7.91. The summed E-state index contributed by atoms with van der Waals surface area (Å²) in [5, 5.41) is 20.3. The summed E-state index contributed by atoms with van der Waals surface area (Å²) >= 11 is 0. The molecule has 0 spiro atoms. The number of amides is 1. The molecule has 0 unspecified atom stereocenters. The van der Waals surface area contributed by atoms with E-state index in [1.54, 1.807) is 6.20 Å². The van der Waals surface area contributed by atoms with Gasteiger partial charge in [0.2, 0.25) is 0 Å². The number of aliphatic carboxylic acids is 1. The molecular weight excluding hydrogens is 282 g/mol. The van der Waals surface area contributed by atoms with Gasteiger partial charge in [-0.3, -0.25) is 9.59 Å². The summed E-state index contributed by atoms with van der Waals surface area (Å²) in [6.45, 7) is 6.11. The third-order valence-corrected chi connectivity index (χ3v) is 3.13. The lowest BCUT2D eigenvalue weighted by Crippen LogP contribution is -2.28. The van der Waals surface area contributed by atoms with Gasteiger partial charge in [0.25, 0.3) is 5.91 Å². The number of hydrogen-bond acceptors (Lipinski definition) is 4. The maximum absolute atomic E-state index is 11.9. The molecule has 0 radical (unpaired) electrons. The first-order chi connectivity index (χ1) is 10.5. The Morgan fingerprint density at radius 2 is 1.77 bits per heavy atom. The summed E-state index contributed by atoms with van der Waals surface area (Å²) < 4.78 is 0. The van der Waals surface area contributed by atoms with Crippen LogP contribution < -0.4 is 5.32 Å². The Morgan fingerprint density at radius 1 is 1.18 bits per heavy atom. The fraction of sp³-hybridized carbons (Fsp3) is 0.688. The number of carbonyl (C=O) groups is 2. The van der Waals surface area contributed by atoms with E-state index in [0.717, 1.165) is 38.8 Å². The fourth-order valence-corrected chi connectivity index (χ4v) is 1.82. The highest BCUT2D eigenvalue weighted by molar-refractivity contribution is 5.97. The van der Waals surface area contributed by atoms with Crippen molar-refractivity contribution in [3.8, 4) is 6.07 Å². The third kappa shape index (κ3) is 9.81. The molecule has 0 saturated heterocycles. The number of carboxylic acids is 1. The van der Waals surface area contributed by atoms with Crippen molar-refractivity contribution in [3.63, 3.8) is 0 Å². The third-order valence-electron chi connectivity index (χ3n) is 3.13. The van der Waals surface area contributed by atoms with Gasteiger partial charge < -0.3 is 15.3 Å². The molecule has 0 aromatic rings. The summed E-state index contributed by atoms with van der Waals surface area (Å²) in [4.78, 5) is 24.3. The molecule has 2 N–H and O–H groups in total. The molecule has 124 valence electrons. The lowest BCUT2D eigenvalue weighted by atomic mass is 10.2. The smallest absolute Gasteiger partial charge is 0.303 e. The van der Waals surface area contributed by atoms with Crippen molar-refractivity contribution < 1.29 is 14.7 Å². The molecular formula is C16H27N3O3. The molecule has 0 saturated carbocycles. The first kappa shape index (κ1) is 20.0. The zero-order valence-corrected chi connectivity index (χ0v) is 13.6. The molecule has 6 heteroatoms. The van der Waals surface area contributed by atoms with E-state index in [9.17, 15) is 9.59 Å². The average molecular weight is 309 g/mol. The SMILES string of the molecule is CCCCN(/C=C(/C#N)C(=O)NCCCC(=O)O)CCCC. The predicted octanol–water partition coefficient (Wildman–Crippen LogP) is 2.28. The Labute approximate surface area is 132 Å². The molecule has 0 aromatic carbocycles. The second-order valence-electron chi connectivity index (χ2n) is 5.15. The maximum atomic E-state index is 11.9. The largest absolute Gasteiger partial charge is 0.481 e. The quantitative estimate of drug-likeness (QED) is 0.328. The highest BCUT2D eigenvalue weighted by atomic mass is 16.4. The Bertz CT molecular complexity index is 405. The van der Waals surface area contributed by atoms with Gasteiger partial charge in [-0.25, -0.2) is 0 Å². The lowest BCUT2D eigenvalue weighted by molar-refractivity contribution is -0.137. The standard InChI is InChI=1S/C16H27N3O3/c1-3-5-10-19(11-6-4-2)13-14(12-17)16(22)18-9-7-8-15(20)21/h13H,3-11H2,1-2H3,(H,18,22)(H,20,21)/b14-13-. The summed E-state index contributed by atoms with van der Waals surface area (Å²) in [5.41, 5.74) is 0.0718. The van der Waals surface area contributed by atoms with Crippen LogP contribution in [0.1, 0.15) is 52.4 Å². The fourth-order valence-electron chi connectivity index (χ4n) is 1.82. The van der Waals surface area contributed by atoms with Gasteiger partial charge in [-0.15, -0.1) is 0 Å². The maximum Gasteiger partial charge on any atom is 0.303 e. The van der Waals surface area contributed by atoms with Crippen LogP contribution in [0.3, 0.4) is 0 Å². The minimum absolute atomic E-state index is 0.00497. The molecule has 0 atom stereocenters. The van der Waals surface area contributed by atoms with E-state index in [-0.39, 0.29) is 18.5 Å². The topological polar surface area (TPSA) is 93.4 Å². The number of nitrogens with zero attached hydrogens (tertiary/aromatic N) is 2. The van der Waals surface area contributed by atoms with Crippen LogP contribution in [0, 0.1) is 11.3 Å². The van der Waals surface area contributed by atoms with Gasteiger partial charge in [0, 0.05) is 32.3 Å². The summed E-state index contributed by atoms with van der Waals surface area (Å²) in [7, 11) is 0. The Hall–Kier alpha value is -2.03. The molecule has 22 heavy (non-hydrogen) atoms. The number of nitriles is 1. The van der Waals surface area contributed by atoms with Gasteiger partial charge in [-0.05, 0) is 19.3 Å². The first-order valence-electron chi connectivity index (χ1n) is 7.91. The van der Waals surface area contributed by atoms with Gasteiger partial charge in [0.15, 0.2) is 0 Å². The summed E-state index contributed by atoms with van der Waals surface area (Å²) in [6.07, 6.45) is 6.12. The minimum Gasteiger partial charge on any atom is -0.481 e. The monoisotopic (exact) mass is 309 g/mol. The van der Waals surface area contributed by atoms with E-state index in [0.29, 0.717) is 6.42 Å². The van der Waals surface area contributed by atoms with Gasteiger partial charge in [-0.1, -0.05) is 26.7 Å². The lowest BCUT2D eigenvalue weighted by Gasteiger charge is -2.20. The van der Waals surface area contributed by atoms with Crippen LogP contribution in [0.5, 0.6) is 0 Å². The highest BCUT2D eigenvalue weighted by Crippen LogP contribution is 2.04. The number of unbranched alkanes of at least 4 members (excludes halogenated alkanes) is 2. The molecule has 0 rings (SSSR count). The van der Waals surface area contributed by atoms with Gasteiger partial charge in [0.05, 0.1) is 0 Å². The van der Waals surface area contributed by atoms with Crippen molar-refractivity contribution in [3.05, 3.63) is 11.8 Å².